The minimum Gasteiger partial charge on any atom is -0.481 e. The van der Waals surface area contributed by atoms with Gasteiger partial charge in [-0.05, 0) is 76.3 Å². The van der Waals surface area contributed by atoms with Crippen LogP contribution >= 0.6 is 8.58 Å². The van der Waals surface area contributed by atoms with E-state index < -0.39 is 41.7 Å². The molecule has 0 saturated heterocycles. The fraction of sp³-hybridized carbons (Fsp3) is 0.455. The number of amides is 5. The summed E-state index contributed by atoms with van der Waals surface area (Å²) >= 11 is 0. The number of halogens is 1. The Balaban J connectivity index is 1.82. The summed E-state index contributed by atoms with van der Waals surface area (Å²) < 4.78 is 14.5. The first kappa shape index (κ1) is 39.0. The van der Waals surface area contributed by atoms with Crippen LogP contribution in [0.2, 0.25) is 0 Å². The predicted molar refractivity (Wildman–Crippen MR) is 186 cm³/mol. The number of carboxylic acid groups (broad SMARTS) is 1. The highest BCUT2D eigenvalue weighted by atomic mass is 31.1. The van der Waals surface area contributed by atoms with Crippen molar-refractivity contribution in [3.05, 3.63) is 52.1 Å². The van der Waals surface area contributed by atoms with Gasteiger partial charge in [0.25, 0.3) is 11.8 Å². The first-order valence-corrected chi connectivity index (χ1v) is 17.6. The van der Waals surface area contributed by atoms with Crippen LogP contribution in [-0.4, -0.2) is 102 Å². The summed E-state index contributed by atoms with van der Waals surface area (Å²) in [6, 6.07) is 0.479. The molecule has 0 bridgehead atoms. The quantitative estimate of drug-likeness (QED) is 0.106. The topological polar surface area (TPSA) is 207 Å². The third-order valence-corrected chi connectivity index (χ3v) is 9.17. The average Bonchev–Trinajstić information content (AvgIpc) is 3.50. The first-order chi connectivity index (χ1) is 23.2. The Morgan fingerprint density at radius 1 is 1.10 bits per heavy atom. The van der Waals surface area contributed by atoms with E-state index in [1.807, 2.05) is 13.8 Å². The molecule has 0 fully saturated rings. The lowest BCUT2D eigenvalue weighted by atomic mass is 10.0. The summed E-state index contributed by atoms with van der Waals surface area (Å²) in [5.74, 6) is -3.37. The molecule has 7 N–H and O–H groups in total. The van der Waals surface area contributed by atoms with Crippen LogP contribution in [0, 0.1) is 19.7 Å². The van der Waals surface area contributed by atoms with E-state index in [9.17, 15) is 33.2 Å². The number of benzene rings is 1. The van der Waals surface area contributed by atoms with E-state index in [4.69, 9.17) is 10.8 Å². The summed E-state index contributed by atoms with van der Waals surface area (Å²) in [5.41, 5.74) is 7.65. The van der Waals surface area contributed by atoms with Gasteiger partial charge >= 0.3 is 12.0 Å². The van der Waals surface area contributed by atoms with Crippen molar-refractivity contribution >= 4 is 61.2 Å². The second kappa shape index (κ2) is 17.8. The molecule has 49 heavy (non-hydrogen) atoms. The maximum Gasteiger partial charge on any atom is 0.329 e. The number of likely N-dealkylation sites (N-methyl/N-ethyl adjacent to an activating group) is 1. The molecule has 1 unspecified atom stereocenters. The fourth-order valence-electron chi connectivity index (χ4n) is 5.50. The molecule has 1 aromatic carbocycles. The number of aryl methyl sites for hydroxylation is 1. The molecule has 0 radical (unpaired) electrons. The van der Waals surface area contributed by atoms with Crippen LogP contribution in [0.4, 0.5) is 14.9 Å². The smallest absolute Gasteiger partial charge is 0.329 e. The number of nitrogens with one attached hydrogen (secondary N) is 4. The normalized spacial score (nSPS) is 14.7. The molecule has 0 spiro atoms. The van der Waals surface area contributed by atoms with E-state index >= 15 is 0 Å². The van der Waals surface area contributed by atoms with Crippen molar-refractivity contribution in [2.75, 3.05) is 44.3 Å². The van der Waals surface area contributed by atoms with Gasteiger partial charge < -0.3 is 36.7 Å². The fourth-order valence-corrected chi connectivity index (χ4v) is 6.07. The van der Waals surface area contributed by atoms with Gasteiger partial charge in [0, 0.05) is 43.0 Å². The molecule has 0 aliphatic carbocycles. The number of H-pyrrole nitrogens is 1. The van der Waals surface area contributed by atoms with Crippen LogP contribution in [-0.2, 0) is 19.2 Å². The van der Waals surface area contributed by atoms with E-state index in [1.54, 1.807) is 20.5 Å². The number of nitrogens with two attached hydrogens (primary N) is 1. The monoisotopic (exact) mass is 701 g/mol. The van der Waals surface area contributed by atoms with Gasteiger partial charge in [-0.2, -0.15) is 0 Å². The van der Waals surface area contributed by atoms with Crippen LogP contribution in [0.15, 0.2) is 18.2 Å². The third-order valence-electron chi connectivity index (χ3n) is 8.33. The summed E-state index contributed by atoms with van der Waals surface area (Å²) in [7, 11) is -0.213. The molecule has 1 aromatic heterocycles. The zero-order valence-corrected chi connectivity index (χ0v) is 29.4. The molecule has 2 aromatic rings. The molecule has 1 aliphatic rings. The molecule has 14 nitrogen and oxygen atoms in total. The lowest BCUT2D eigenvalue weighted by molar-refractivity contribution is -0.137. The van der Waals surface area contributed by atoms with Gasteiger partial charge in [0.15, 0.2) is 5.52 Å². The first-order valence-electron chi connectivity index (χ1n) is 16.1. The van der Waals surface area contributed by atoms with Crippen LogP contribution < -0.4 is 26.6 Å². The number of anilines is 1. The molecule has 0 saturated carbocycles. The van der Waals surface area contributed by atoms with Crippen molar-refractivity contribution in [1.29, 1.82) is 0 Å². The lowest BCUT2D eigenvalue weighted by Gasteiger charge is -2.22. The third kappa shape index (κ3) is 9.80. The zero-order chi connectivity index (χ0) is 36.4. The number of fused-ring (bicyclic) bond motifs is 1. The number of aromatic amines is 1. The maximum absolute atomic E-state index is 14.5. The predicted octanol–water partition coefficient (Wildman–Crippen LogP) is 2.34. The number of urea groups is 1. The number of carbonyl (C=O) groups is 6. The van der Waals surface area contributed by atoms with Gasteiger partial charge in [-0.15, -0.1) is 0 Å². The number of hydrogen-bond donors (Lipinski definition) is 6. The van der Waals surface area contributed by atoms with E-state index in [-0.39, 0.29) is 62.6 Å². The number of hydrogen-bond acceptors (Lipinski definition) is 8. The average molecular weight is 702 g/mol. The Hall–Kier alpha value is -4.46. The van der Waals surface area contributed by atoms with E-state index in [0.717, 1.165) is 30.1 Å². The van der Waals surface area contributed by atoms with Gasteiger partial charge in [0.1, 0.15) is 5.82 Å². The second-order valence-electron chi connectivity index (χ2n) is 11.5. The van der Waals surface area contributed by atoms with Crippen molar-refractivity contribution in [3.63, 3.8) is 0 Å². The maximum atomic E-state index is 14.5. The zero-order valence-electron chi connectivity index (χ0n) is 28.4. The number of aromatic nitrogens is 1. The summed E-state index contributed by atoms with van der Waals surface area (Å²) in [4.78, 5) is 82.4. The van der Waals surface area contributed by atoms with Crippen LogP contribution in [0.1, 0.15) is 66.0 Å². The Kier molecular flexibility index (Phi) is 14.2. The molecule has 5 amide bonds. The van der Waals surface area contributed by atoms with Gasteiger partial charge in [-0.3, -0.25) is 24.0 Å². The molecule has 16 heteroatoms. The van der Waals surface area contributed by atoms with E-state index in [2.05, 4.69) is 25.8 Å². The minimum absolute atomic E-state index is 0.00495. The van der Waals surface area contributed by atoms with E-state index in [0.29, 0.717) is 35.6 Å². The number of imide groups is 1. The molecule has 2 heterocycles. The van der Waals surface area contributed by atoms with Crippen molar-refractivity contribution in [2.45, 2.75) is 59.0 Å². The van der Waals surface area contributed by atoms with Crippen molar-refractivity contribution in [1.82, 2.24) is 25.8 Å². The van der Waals surface area contributed by atoms with Crippen molar-refractivity contribution in [2.24, 2.45) is 5.73 Å². The van der Waals surface area contributed by atoms with Crippen LogP contribution in [0.3, 0.4) is 0 Å². The second-order valence-corrected chi connectivity index (χ2v) is 12.5. The number of carbonyl (C=O) groups excluding carboxylic acids is 5. The molecular formula is C33H45FN7O7P. The van der Waals surface area contributed by atoms with Crippen molar-refractivity contribution in [3.8, 4) is 0 Å². The SMILES string of the molecule is CCN(CC)CCNC(=O)c1c(C)[nH]c(/C=C2\C(=O)N(C(=O)N[C@@H](CCNC(=O)[C@@H](N)CCC(=O)O)C(=O)PC)c3ccc(F)cc32)c1C. The number of nitrogens with zero attached hydrogens (tertiary/aromatic N) is 2. The van der Waals surface area contributed by atoms with Gasteiger partial charge in [-0.25, -0.2) is 14.1 Å². The minimum atomic E-state index is -1.09. The highest BCUT2D eigenvalue weighted by Gasteiger charge is 2.38. The summed E-state index contributed by atoms with van der Waals surface area (Å²) in [6.45, 7) is 12.0. The Morgan fingerprint density at radius 2 is 1.80 bits per heavy atom. The van der Waals surface area contributed by atoms with Crippen LogP contribution in [0.5, 0.6) is 0 Å². The molecule has 3 rings (SSSR count). The molecule has 266 valence electrons. The molecule has 3 atom stereocenters. The highest BCUT2D eigenvalue weighted by molar-refractivity contribution is 7.57. The molecular weight excluding hydrogens is 656 g/mol. The Morgan fingerprint density at radius 3 is 2.43 bits per heavy atom. The van der Waals surface area contributed by atoms with Crippen molar-refractivity contribution < 1.29 is 38.3 Å². The molecule has 1 aliphatic heterocycles. The Labute approximate surface area is 286 Å². The number of rotatable bonds is 17. The number of aliphatic carboxylic acids is 1. The summed E-state index contributed by atoms with van der Waals surface area (Å²) in [6.07, 6.45) is 1.09. The Bertz CT molecular complexity index is 1620. The van der Waals surface area contributed by atoms with E-state index in [1.165, 1.54) is 12.1 Å². The van der Waals surface area contributed by atoms with Crippen LogP contribution in [0.25, 0.3) is 11.6 Å². The summed E-state index contributed by atoms with van der Waals surface area (Å²) in [5, 5.41) is 16.9. The number of carboxylic acids is 1. The largest absolute Gasteiger partial charge is 0.481 e. The highest BCUT2D eigenvalue weighted by Crippen LogP contribution is 2.39. The van der Waals surface area contributed by atoms with Gasteiger partial charge in [0.05, 0.1) is 28.9 Å². The van der Waals surface area contributed by atoms with Gasteiger partial charge in [0.2, 0.25) is 5.91 Å². The van der Waals surface area contributed by atoms with Gasteiger partial charge in [-0.1, -0.05) is 22.4 Å². The standard InChI is InChI=1S/C33H45FN7O7P/c1-6-40(7-2)15-14-37-30(45)28-18(3)25(38-19(28)4)17-22-21-16-20(34)8-10-26(21)41(31(22)46)33(48)39-24(32(47)49-5)12-13-36-29(44)23(35)9-11-27(42)43/h8,10,16-17,23-24,38,49H,6-7,9,11-15,35H2,1-5H3,(H,36,44)(H,37,45)(H,39,48)(H,42,43)/b22-17-/t23-,24-/m0/s1. The lowest BCUT2D eigenvalue weighted by Crippen LogP contribution is -2.50.